The Morgan fingerprint density at radius 3 is 2.52 bits per heavy atom. The number of benzene rings is 1. The molecule has 0 N–H and O–H groups in total. The van der Waals surface area contributed by atoms with Gasteiger partial charge < -0.3 is 4.74 Å². The molecular formula is C15H16N2O4. The van der Waals surface area contributed by atoms with Crippen molar-refractivity contribution in [1.29, 1.82) is 0 Å². The highest BCUT2D eigenvalue weighted by Gasteiger charge is 2.19. The number of rotatable bonds is 8. The van der Waals surface area contributed by atoms with Gasteiger partial charge in [0.25, 0.3) is 0 Å². The van der Waals surface area contributed by atoms with Crippen LogP contribution < -0.4 is 4.74 Å². The van der Waals surface area contributed by atoms with Crippen LogP contribution in [0.5, 0.6) is 5.75 Å². The van der Waals surface area contributed by atoms with Crippen molar-refractivity contribution in [2.75, 3.05) is 6.54 Å². The average Bonchev–Trinajstić information content (AvgIpc) is 2.48. The van der Waals surface area contributed by atoms with Gasteiger partial charge in [0.15, 0.2) is 6.04 Å². The van der Waals surface area contributed by atoms with Gasteiger partial charge in [-0.15, -0.1) is 0 Å². The van der Waals surface area contributed by atoms with Gasteiger partial charge in [-0.05, 0) is 38.3 Å². The van der Waals surface area contributed by atoms with Gasteiger partial charge in [0.05, 0.1) is 6.54 Å². The minimum absolute atomic E-state index is 0.341. The lowest BCUT2D eigenvalue weighted by molar-refractivity contribution is -0.135. The van der Waals surface area contributed by atoms with Crippen LogP contribution in [0.3, 0.4) is 0 Å². The number of isocyanates is 2. The average molecular weight is 288 g/mol. The maximum Gasteiger partial charge on any atom is 0.337 e. The summed E-state index contributed by atoms with van der Waals surface area (Å²) in [6.45, 7) is 2.26. The third-order valence-electron chi connectivity index (χ3n) is 2.78. The number of nitrogens with zero attached hydrogens (tertiary/aromatic N) is 2. The van der Waals surface area contributed by atoms with Crippen LogP contribution in [0.15, 0.2) is 34.3 Å². The molecule has 21 heavy (non-hydrogen) atoms. The van der Waals surface area contributed by atoms with Gasteiger partial charge in [-0.1, -0.05) is 17.7 Å². The Morgan fingerprint density at radius 2 is 1.90 bits per heavy atom. The SMILES string of the molecule is Cc1ccc(OC(=O)C(CCCCN=C=O)N=C=O)cc1. The first-order chi connectivity index (χ1) is 10.2. The molecule has 0 aromatic heterocycles. The Balaban J connectivity index is 2.54. The summed E-state index contributed by atoms with van der Waals surface area (Å²) in [7, 11) is 0. The lowest BCUT2D eigenvalue weighted by atomic mass is 10.1. The highest BCUT2D eigenvalue weighted by atomic mass is 16.5. The van der Waals surface area contributed by atoms with E-state index in [1.807, 2.05) is 19.1 Å². The molecule has 0 aliphatic heterocycles. The van der Waals surface area contributed by atoms with Gasteiger partial charge in [-0.25, -0.2) is 19.4 Å². The smallest absolute Gasteiger partial charge is 0.337 e. The van der Waals surface area contributed by atoms with E-state index in [1.165, 1.54) is 12.2 Å². The molecule has 0 heterocycles. The molecule has 110 valence electrons. The Kier molecular flexibility index (Phi) is 7.36. The predicted molar refractivity (Wildman–Crippen MR) is 75.6 cm³/mol. The molecule has 0 radical (unpaired) electrons. The van der Waals surface area contributed by atoms with E-state index in [0.717, 1.165) is 5.56 Å². The van der Waals surface area contributed by atoms with Gasteiger partial charge in [0, 0.05) is 0 Å². The van der Waals surface area contributed by atoms with Gasteiger partial charge in [-0.2, -0.15) is 4.99 Å². The third-order valence-corrected chi connectivity index (χ3v) is 2.78. The lowest BCUT2D eigenvalue weighted by Gasteiger charge is -2.10. The van der Waals surface area contributed by atoms with Crippen molar-refractivity contribution in [1.82, 2.24) is 0 Å². The van der Waals surface area contributed by atoms with E-state index < -0.39 is 12.0 Å². The molecule has 6 nitrogen and oxygen atoms in total. The first-order valence-electron chi connectivity index (χ1n) is 6.56. The molecule has 1 aromatic rings. The lowest BCUT2D eigenvalue weighted by Crippen LogP contribution is -2.24. The number of hydrogen-bond donors (Lipinski definition) is 0. The second-order valence-electron chi connectivity index (χ2n) is 4.44. The molecule has 0 spiro atoms. The van der Waals surface area contributed by atoms with E-state index in [2.05, 4.69) is 9.98 Å². The summed E-state index contributed by atoms with van der Waals surface area (Å²) in [4.78, 5) is 39.1. The van der Waals surface area contributed by atoms with Crippen LogP contribution in [-0.2, 0) is 14.4 Å². The summed E-state index contributed by atoms with van der Waals surface area (Å²) in [5, 5.41) is 0. The number of hydrogen-bond acceptors (Lipinski definition) is 6. The van der Waals surface area contributed by atoms with Crippen LogP contribution >= 0.6 is 0 Å². The van der Waals surface area contributed by atoms with Crippen LogP contribution in [0, 0.1) is 6.92 Å². The summed E-state index contributed by atoms with van der Waals surface area (Å²) >= 11 is 0. The topological polar surface area (TPSA) is 85.2 Å². The van der Waals surface area contributed by atoms with Crippen molar-refractivity contribution >= 4 is 18.1 Å². The van der Waals surface area contributed by atoms with E-state index in [9.17, 15) is 14.4 Å². The minimum Gasteiger partial charge on any atom is -0.425 e. The number of carbonyl (C=O) groups excluding carboxylic acids is 3. The highest BCUT2D eigenvalue weighted by Crippen LogP contribution is 2.14. The zero-order valence-electron chi connectivity index (χ0n) is 11.7. The fraction of sp³-hybridized carbons (Fsp3) is 0.400. The molecule has 1 atom stereocenters. The number of esters is 1. The Hall–Kier alpha value is -2.55. The van der Waals surface area contributed by atoms with E-state index in [0.29, 0.717) is 31.6 Å². The van der Waals surface area contributed by atoms with Gasteiger partial charge >= 0.3 is 5.97 Å². The quantitative estimate of drug-likeness (QED) is 0.241. The number of unbranched alkanes of at least 4 members (excludes halogenated alkanes) is 1. The first kappa shape index (κ1) is 16.5. The Morgan fingerprint density at radius 1 is 1.19 bits per heavy atom. The second kappa shape index (κ2) is 9.37. The standard InChI is InChI=1S/C15H16N2O4/c1-12-5-7-13(8-6-12)21-15(20)14(17-11-19)4-2-3-9-16-10-18/h5-8,14H,2-4,9H2,1H3. The van der Waals surface area contributed by atoms with Gasteiger partial charge in [-0.3, -0.25) is 0 Å². The van der Waals surface area contributed by atoms with Crippen molar-refractivity contribution in [3.8, 4) is 5.75 Å². The molecule has 0 aliphatic carbocycles. The molecular weight excluding hydrogens is 272 g/mol. The Bertz CT molecular complexity index is 556. The summed E-state index contributed by atoms with van der Waals surface area (Å²) in [5.41, 5.74) is 1.05. The third kappa shape index (κ3) is 6.43. The van der Waals surface area contributed by atoms with Crippen molar-refractivity contribution in [2.45, 2.75) is 32.2 Å². The van der Waals surface area contributed by atoms with Crippen molar-refractivity contribution in [3.05, 3.63) is 29.8 Å². The van der Waals surface area contributed by atoms with Crippen LogP contribution in [0.25, 0.3) is 0 Å². The zero-order valence-corrected chi connectivity index (χ0v) is 11.7. The molecule has 0 aliphatic rings. The number of aliphatic imine (C=N–C) groups is 2. The van der Waals surface area contributed by atoms with Crippen molar-refractivity contribution < 1.29 is 19.1 Å². The molecule has 0 fully saturated rings. The van der Waals surface area contributed by atoms with E-state index in [4.69, 9.17) is 4.74 Å². The van der Waals surface area contributed by atoms with Crippen LogP contribution in [0.4, 0.5) is 0 Å². The fourth-order valence-electron chi connectivity index (χ4n) is 1.66. The van der Waals surface area contributed by atoms with Crippen molar-refractivity contribution in [3.63, 3.8) is 0 Å². The van der Waals surface area contributed by atoms with Crippen molar-refractivity contribution in [2.24, 2.45) is 9.98 Å². The maximum absolute atomic E-state index is 11.9. The van der Waals surface area contributed by atoms with Crippen LogP contribution in [0.1, 0.15) is 24.8 Å². The maximum atomic E-state index is 11.9. The van der Waals surface area contributed by atoms with E-state index in [-0.39, 0.29) is 0 Å². The van der Waals surface area contributed by atoms with Crippen LogP contribution in [0.2, 0.25) is 0 Å². The predicted octanol–water partition coefficient (Wildman–Crippen LogP) is 2.11. The molecule has 0 saturated heterocycles. The number of ether oxygens (including phenoxy) is 1. The molecule has 6 heteroatoms. The normalized spacial score (nSPS) is 10.9. The highest BCUT2D eigenvalue weighted by molar-refractivity contribution is 5.79. The summed E-state index contributed by atoms with van der Waals surface area (Å²) in [6, 6.07) is 6.10. The second-order valence-corrected chi connectivity index (χ2v) is 4.44. The summed E-state index contributed by atoms with van der Waals surface area (Å²) in [5.74, 6) is -0.191. The summed E-state index contributed by atoms with van der Waals surface area (Å²) < 4.78 is 5.16. The molecule has 1 unspecified atom stereocenters. The van der Waals surface area contributed by atoms with Gasteiger partial charge in [0.1, 0.15) is 5.75 Å². The molecule has 0 saturated carbocycles. The monoisotopic (exact) mass is 288 g/mol. The molecule has 1 rings (SSSR count). The zero-order chi connectivity index (χ0) is 15.5. The molecule has 1 aromatic carbocycles. The Labute approximate surface area is 122 Å². The van der Waals surface area contributed by atoms with Crippen LogP contribution in [-0.4, -0.2) is 30.7 Å². The largest absolute Gasteiger partial charge is 0.425 e. The summed E-state index contributed by atoms with van der Waals surface area (Å²) in [6.07, 6.45) is 4.36. The fourth-order valence-corrected chi connectivity index (χ4v) is 1.66. The van der Waals surface area contributed by atoms with E-state index in [1.54, 1.807) is 12.1 Å². The minimum atomic E-state index is -0.885. The molecule has 0 bridgehead atoms. The number of aryl methyl sites for hydroxylation is 1. The van der Waals surface area contributed by atoms with Gasteiger partial charge in [0.2, 0.25) is 12.2 Å². The molecule has 0 amide bonds. The number of carbonyl (C=O) groups is 1. The first-order valence-corrected chi connectivity index (χ1v) is 6.56. The van der Waals surface area contributed by atoms with E-state index >= 15 is 0 Å².